The van der Waals surface area contributed by atoms with Gasteiger partial charge in [-0.15, -0.1) is 0 Å². The predicted octanol–water partition coefficient (Wildman–Crippen LogP) is 2.37. The molecule has 0 aliphatic carbocycles. The molecule has 9 heteroatoms. The molecule has 1 amide bonds. The molecule has 1 N–H and O–H groups in total. The Balaban J connectivity index is 1.89. The van der Waals surface area contributed by atoms with E-state index in [0.29, 0.717) is 22.0 Å². The molecule has 3 aromatic rings. The van der Waals surface area contributed by atoms with Crippen LogP contribution in [0.4, 0.5) is 5.69 Å². The Morgan fingerprint density at radius 1 is 1.27 bits per heavy atom. The van der Waals surface area contributed by atoms with E-state index >= 15 is 0 Å². The summed E-state index contributed by atoms with van der Waals surface area (Å²) in [5.41, 5.74) is -0.0184. The molecular weight excluding hydrogens is 356 g/mol. The highest BCUT2D eigenvalue weighted by Gasteiger charge is 2.15. The van der Waals surface area contributed by atoms with Gasteiger partial charge in [-0.05, 0) is 24.6 Å². The van der Waals surface area contributed by atoms with Crippen molar-refractivity contribution in [2.45, 2.75) is 19.8 Å². The fourth-order valence-electron chi connectivity index (χ4n) is 2.40. The number of nitrogens with zero attached hydrogens (tertiary/aromatic N) is 3. The summed E-state index contributed by atoms with van der Waals surface area (Å²) in [6, 6.07) is 4.75. The van der Waals surface area contributed by atoms with E-state index in [4.69, 9.17) is 9.47 Å². The number of nitrogens with one attached hydrogen (secondary N) is 1. The van der Waals surface area contributed by atoms with E-state index < -0.39 is 11.5 Å². The molecule has 0 bridgehead atoms. The van der Waals surface area contributed by atoms with Gasteiger partial charge < -0.3 is 14.8 Å². The van der Waals surface area contributed by atoms with E-state index in [1.165, 1.54) is 36.3 Å². The highest BCUT2D eigenvalue weighted by molar-refractivity contribution is 7.16. The number of aryl methyl sites for hydroxylation is 1. The van der Waals surface area contributed by atoms with Gasteiger partial charge in [0.1, 0.15) is 10.7 Å². The van der Waals surface area contributed by atoms with Gasteiger partial charge in [-0.3, -0.25) is 9.59 Å². The summed E-state index contributed by atoms with van der Waals surface area (Å²) in [5, 5.41) is 7.68. The molecule has 0 aliphatic heterocycles. The Bertz CT molecular complexity index is 1010. The maximum atomic E-state index is 12.5. The summed E-state index contributed by atoms with van der Waals surface area (Å²) in [6.07, 6.45) is 3.06. The summed E-state index contributed by atoms with van der Waals surface area (Å²) >= 11 is 1.37. The van der Waals surface area contributed by atoms with Crippen LogP contribution in [0.5, 0.6) is 11.5 Å². The topological polar surface area (TPSA) is 94.8 Å². The Kier molecular flexibility index (Phi) is 5.17. The largest absolute Gasteiger partial charge is 0.493 e. The molecule has 136 valence electrons. The van der Waals surface area contributed by atoms with Crippen molar-refractivity contribution in [3.63, 3.8) is 0 Å². The zero-order valence-electron chi connectivity index (χ0n) is 14.6. The second-order valence-electron chi connectivity index (χ2n) is 5.44. The molecular formula is C17H18N4O4S. The van der Waals surface area contributed by atoms with Crippen LogP contribution in [-0.2, 0) is 6.42 Å². The lowest BCUT2D eigenvalue weighted by atomic mass is 10.2. The number of carbonyl (C=O) groups excluding carboxylic acids is 1. The van der Waals surface area contributed by atoms with Crippen LogP contribution < -0.4 is 20.3 Å². The Hall–Kier alpha value is -2.94. The third-order valence-electron chi connectivity index (χ3n) is 3.69. The van der Waals surface area contributed by atoms with Gasteiger partial charge in [0.15, 0.2) is 11.5 Å². The van der Waals surface area contributed by atoms with E-state index in [-0.39, 0.29) is 5.69 Å². The van der Waals surface area contributed by atoms with Gasteiger partial charge in [0.2, 0.25) is 4.96 Å². The monoisotopic (exact) mass is 374 g/mol. The number of hydrogen-bond acceptors (Lipinski definition) is 7. The molecule has 3 rings (SSSR count). The summed E-state index contributed by atoms with van der Waals surface area (Å²) in [6.45, 7) is 2.04. The first kappa shape index (κ1) is 17.9. The van der Waals surface area contributed by atoms with Crippen LogP contribution in [0.1, 0.15) is 28.7 Å². The van der Waals surface area contributed by atoms with Crippen molar-refractivity contribution in [1.29, 1.82) is 0 Å². The Morgan fingerprint density at radius 3 is 2.73 bits per heavy atom. The lowest BCUT2D eigenvalue weighted by Crippen LogP contribution is -2.23. The first-order valence-corrected chi connectivity index (χ1v) is 8.80. The number of fused-ring (bicyclic) bond motifs is 1. The summed E-state index contributed by atoms with van der Waals surface area (Å²) in [5.74, 6) is 0.487. The zero-order valence-corrected chi connectivity index (χ0v) is 15.4. The van der Waals surface area contributed by atoms with Crippen molar-refractivity contribution in [1.82, 2.24) is 14.6 Å². The van der Waals surface area contributed by atoms with Gasteiger partial charge in [0.05, 0.1) is 20.4 Å². The maximum Gasteiger partial charge on any atom is 0.298 e. The van der Waals surface area contributed by atoms with Crippen LogP contribution in [0.15, 0.2) is 29.2 Å². The fourth-order valence-corrected chi connectivity index (χ4v) is 3.35. The van der Waals surface area contributed by atoms with E-state index in [0.717, 1.165) is 17.8 Å². The highest BCUT2D eigenvalue weighted by Crippen LogP contribution is 2.27. The second kappa shape index (κ2) is 7.52. The van der Waals surface area contributed by atoms with Crippen molar-refractivity contribution in [3.8, 4) is 11.5 Å². The quantitative estimate of drug-likeness (QED) is 0.712. The van der Waals surface area contributed by atoms with Gasteiger partial charge in [-0.25, -0.2) is 4.98 Å². The van der Waals surface area contributed by atoms with Crippen LogP contribution >= 0.6 is 11.3 Å². The number of rotatable bonds is 6. The molecule has 0 spiro atoms. The Labute approximate surface area is 153 Å². The first-order valence-electron chi connectivity index (χ1n) is 7.98. The van der Waals surface area contributed by atoms with Crippen LogP contribution in [0.2, 0.25) is 0 Å². The minimum Gasteiger partial charge on any atom is -0.493 e. The zero-order chi connectivity index (χ0) is 18.7. The molecule has 0 aliphatic rings. The third-order valence-corrected chi connectivity index (χ3v) is 4.67. The van der Waals surface area contributed by atoms with Crippen LogP contribution in [0.25, 0.3) is 4.96 Å². The number of carbonyl (C=O) groups is 1. The summed E-state index contributed by atoms with van der Waals surface area (Å²) in [4.78, 5) is 29.7. The molecule has 1 aromatic carbocycles. The summed E-state index contributed by atoms with van der Waals surface area (Å²) in [7, 11) is 3.00. The molecule has 0 atom stereocenters. The van der Waals surface area contributed by atoms with Crippen molar-refractivity contribution in [3.05, 3.63) is 45.3 Å². The van der Waals surface area contributed by atoms with E-state index in [2.05, 4.69) is 15.4 Å². The van der Waals surface area contributed by atoms with E-state index in [9.17, 15) is 9.59 Å². The molecule has 0 radical (unpaired) electrons. The van der Waals surface area contributed by atoms with Gasteiger partial charge >= 0.3 is 0 Å². The SMILES string of the molecule is CCCc1nn2c(=O)c(NC(=O)c3ccc(OC)c(OC)c3)cnc2s1. The number of methoxy groups -OCH3 is 2. The normalized spacial score (nSPS) is 10.7. The maximum absolute atomic E-state index is 12.5. The van der Waals surface area contributed by atoms with Crippen LogP contribution in [0.3, 0.4) is 0 Å². The van der Waals surface area contributed by atoms with Crippen molar-refractivity contribution in [2.75, 3.05) is 19.5 Å². The van der Waals surface area contributed by atoms with Crippen molar-refractivity contribution >= 4 is 27.9 Å². The average Bonchev–Trinajstić information content (AvgIpc) is 3.07. The molecule has 0 unspecified atom stereocenters. The minimum absolute atomic E-state index is 0.0654. The van der Waals surface area contributed by atoms with Gasteiger partial charge in [-0.2, -0.15) is 9.61 Å². The lowest BCUT2D eigenvalue weighted by Gasteiger charge is -2.09. The lowest BCUT2D eigenvalue weighted by molar-refractivity contribution is 0.102. The highest BCUT2D eigenvalue weighted by atomic mass is 32.1. The minimum atomic E-state index is -0.450. The molecule has 0 saturated carbocycles. The van der Waals surface area contributed by atoms with E-state index in [1.807, 2.05) is 6.92 Å². The number of aromatic nitrogens is 3. The summed E-state index contributed by atoms with van der Waals surface area (Å²) < 4.78 is 11.6. The first-order chi connectivity index (χ1) is 12.6. The van der Waals surface area contributed by atoms with Crippen molar-refractivity contribution < 1.29 is 14.3 Å². The number of hydrogen-bond donors (Lipinski definition) is 1. The van der Waals surface area contributed by atoms with Crippen molar-refractivity contribution in [2.24, 2.45) is 0 Å². The molecule has 0 fully saturated rings. The second-order valence-corrected chi connectivity index (χ2v) is 6.48. The van der Waals surface area contributed by atoms with E-state index in [1.54, 1.807) is 18.2 Å². The fraction of sp³-hybridized carbons (Fsp3) is 0.294. The Morgan fingerprint density at radius 2 is 2.04 bits per heavy atom. The standard InChI is InChI=1S/C17H18N4O4S/c1-4-5-14-20-21-16(23)11(9-18-17(21)26-14)19-15(22)10-6-7-12(24-2)13(8-10)25-3/h6-9H,4-5H2,1-3H3,(H,19,22). The van der Waals surface area contributed by atoms with Crippen LogP contribution in [-0.4, -0.2) is 34.7 Å². The molecule has 2 aromatic heterocycles. The predicted molar refractivity (Wildman–Crippen MR) is 98.6 cm³/mol. The van der Waals surface area contributed by atoms with Gasteiger partial charge in [-0.1, -0.05) is 18.3 Å². The average molecular weight is 374 g/mol. The number of anilines is 1. The number of benzene rings is 1. The molecule has 0 saturated heterocycles. The smallest absolute Gasteiger partial charge is 0.298 e. The molecule has 26 heavy (non-hydrogen) atoms. The van der Waals surface area contributed by atoms with Gasteiger partial charge in [0.25, 0.3) is 11.5 Å². The molecule has 2 heterocycles. The van der Waals surface area contributed by atoms with Crippen LogP contribution in [0, 0.1) is 0 Å². The third kappa shape index (κ3) is 3.38. The van der Waals surface area contributed by atoms with Gasteiger partial charge in [0, 0.05) is 12.0 Å². The molecule has 8 nitrogen and oxygen atoms in total. The number of amides is 1. The number of ether oxygens (including phenoxy) is 2.